The SMILES string of the molecule is CNC(=O)N1C(=O)CCc2cc(NC)ccc21. The summed E-state index contributed by atoms with van der Waals surface area (Å²) in [5.74, 6) is -0.158. The van der Waals surface area contributed by atoms with Crippen molar-refractivity contribution in [1.82, 2.24) is 5.32 Å². The molecule has 2 N–H and O–H groups in total. The van der Waals surface area contributed by atoms with Gasteiger partial charge < -0.3 is 10.6 Å². The number of nitrogens with one attached hydrogen (secondary N) is 2. The molecule has 0 spiro atoms. The molecule has 5 nitrogen and oxygen atoms in total. The van der Waals surface area contributed by atoms with Crippen LogP contribution in [0.25, 0.3) is 0 Å². The number of carbonyl (C=O) groups excluding carboxylic acids is 2. The third-order valence-corrected chi connectivity index (χ3v) is 2.88. The van der Waals surface area contributed by atoms with E-state index in [2.05, 4.69) is 10.6 Å². The van der Waals surface area contributed by atoms with Crippen LogP contribution in [0.2, 0.25) is 0 Å². The molecule has 2 rings (SSSR count). The van der Waals surface area contributed by atoms with Crippen molar-refractivity contribution in [3.05, 3.63) is 23.8 Å². The van der Waals surface area contributed by atoms with Crippen molar-refractivity contribution < 1.29 is 9.59 Å². The fourth-order valence-corrected chi connectivity index (χ4v) is 1.98. The predicted molar refractivity (Wildman–Crippen MR) is 66.3 cm³/mol. The van der Waals surface area contributed by atoms with Gasteiger partial charge in [-0.15, -0.1) is 0 Å². The van der Waals surface area contributed by atoms with Crippen molar-refractivity contribution in [3.63, 3.8) is 0 Å². The summed E-state index contributed by atoms with van der Waals surface area (Å²) in [5.41, 5.74) is 2.68. The van der Waals surface area contributed by atoms with Crippen LogP contribution in [-0.2, 0) is 11.2 Å². The molecular weight excluding hydrogens is 218 g/mol. The number of aryl methyl sites for hydroxylation is 1. The first-order valence-corrected chi connectivity index (χ1v) is 5.52. The fourth-order valence-electron chi connectivity index (χ4n) is 1.98. The number of hydrogen-bond donors (Lipinski definition) is 2. The quantitative estimate of drug-likeness (QED) is 0.769. The molecule has 1 aliphatic heterocycles. The van der Waals surface area contributed by atoms with E-state index >= 15 is 0 Å². The van der Waals surface area contributed by atoms with E-state index in [9.17, 15) is 9.59 Å². The first-order valence-electron chi connectivity index (χ1n) is 5.52. The Hall–Kier alpha value is -2.04. The van der Waals surface area contributed by atoms with Gasteiger partial charge in [0.25, 0.3) is 0 Å². The van der Waals surface area contributed by atoms with Gasteiger partial charge >= 0.3 is 6.03 Å². The van der Waals surface area contributed by atoms with E-state index in [-0.39, 0.29) is 11.9 Å². The number of amides is 3. The van der Waals surface area contributed by atoms with E-state index in [1.54, 1.807) is 6.07 Å². The Kier molecular flexibility index (Phi) is 2.99. The molecule has 3 amide bonds. The summed E-state index contributed by atoms with van der Waals surface area (Å²) in [4.78, 5) is 24.6. The Morgan fingerprint density at radius 3 is 2.71 bits per heavy atom. The lowest BCUT2D eigenvalue weighted by Gasteiger charge is -2.27. The number of hydrogen-bond acceptors (Lipinski definition) is 3. The van der Waals surface area contributed by atoms with E-state index in [1.807, 2.05) is 19.2 Å². The van der Waals surface area contributed by atoms with Crippen molar-refractivity contribution in [2.24, 2.45) is 0 Å². The van der Waals surface area contributed by atoms with Gasteiger partial charge in [0, 0.05) is 26.2 Å². The molecule has 0 saturated carbocycles. The Labute approximate surface area is 99.8 Å². The highest BCUT2D eigenvalue weighted by molar-refractivity contribution is 6.15. The van der Waals surface area contributed by atoms with Gasteiger partial charge in [-0.2, -0.15) is 0 Å². The normalized spacial score (nSPS) is 14.2. The Balaban J connectivity index is 2.45. The van der Waals surface area contributed by atoms with Crippen molar-refractivity contribution in [2.45, 2.75) is 12.8 Å². The number of imide groups is 1. The van der Waals surface area contributed by atoms with Gasteiger partial charge in [-0.25, -0.2) is 9.69 Å². The van der Waals surface area contributed by atoms with Crippen LogP contribution >= 0.6 is 0 Å². The second kappa shape index (κ2) is 4.45. The average Bonchev–Trinajstić information content (AvgIpc) is 2.37. The second-order valence-electron chi connectivity index (χ2n) is 3.88. The number of benzene rings is 1. The molecule has 0 unspecified atom stereocenters. The maximum atomic E-state index is 11.8. The smallest absolute Gasteiger partial charge is 0.328 e. The summed E-state index contributed by atoms with van der Waals surface area (Å²) < 4.78 is 0. The van der Waals surface area contributed by atoms with Crippen LogP contribution in [0, 0.1) is 0 Å². The van der Waals surface area contributed by atoms with Gasteiger partial charge in [0.05, 0.1) is 5.69 Å². The number of anilines is 2. The van der Waals surface area contributed by atoms with E-state index < -0.39 is 0 Å². The summed E-state index contributed by atoms with van der Waals surface area (Å²) in [6.07, 6.45) is 1.05. The van der Waals surface area contributed by atoms with E-state index in [4.69, 9.17) is 0 Å². The molecule has 0 atom stereocenters. The monoisotopic (exact) mass is 233 g/mol. The maximum absolute atomic E-state index is 11.8. The zero-order valence-electron chi connectivity index (χ0n) is 9.91. The lowest BCUT2D eigenvalue weighted by atomic mass is 10.0. The molecule has 1 aromatic carbocycles. The molecule has 0 saturated heterocycles. The van der Waals surface area contributed by atoms with Crippen LogP contribution in [0.4, 0.5) is 16.2 Å². The minimum Gasteiger partial charge on any atom is -0.388 e. The number of carbonyl (C=O) groups is 2. The van der Waals surface area contributed by atoms with Gasteiger partial charge in [0.1, 0.15) is 0 Å². The molecule has 0 aromatic heterocycles. The molecule has 1 aliphatic rings. The van der Waals surface area contributed by atoms with Crippen molar-refractivity contribution >= 4 is 23.3 Å². The zero-order valence-corrected chi connectivity index (χ0v) is 9.91. The summed E-state index contributed by atoms with van der Waals surface area (Å²) >= 11 is 0. The molecule has 0 aliphatic carbocycles. The molecule has 1 heterocycles. The van der Waals surface area contributed by atoms with Gasteiger partial charge in [-0.05, 0) is 30.2 Å². The summed E-state index contributed by atoms with van der Waals surface area (Å²) in [7, 11) is 3.36. The molecule has 1 aromatic rings. The van der Waals surface area contributed by atoms with Crippen molar-refractivity contribution in [3.8, 4) is 0 Å². The van der Waals surface area contributed by atoms with Gasteiger partial charge in [0.15, 0.2) is 0 Å². The number of urea groups is 1. The lowest BCUT2D eigenvalue weighted by Crippen LogP contribution is -2.45. The summed E-state index contributed by atoms with van der Waals surface area (Å²) in [6.45, 7) is 0. The van der Waals surface area contributed by atoms with Gasteiger partial charge in [-0.3, -0.25) is 4.79 Å². The molecule has 17 heavy (non-hydrogen) atoms. The number of fused-ring (bicyclic) bond motifs is 1. The first kappa shape index (κ1) is 11.4. The van der Waals surface area contributed by atoms with Crippen LogP contribution in [0.3, 0.4) is 0 Å². The maximum Gasteiger partial charge on any atom is 0.328 e. The molecule has 0 bridgehead atoms. The molecule has 0 radical (unpaired) electrons. The van der Waals surface area contributed by atoms with Gasteiger partial charge in [-0.1, -0.05) is 0 Å². The highest BCUT2D eigenvalue weighted by Gasteiger charge is 2.28. The topological polar surface area (TPSA) is 61.4 Å². The zero-order chi connectivity index (χ0) is 12.4. The summed E-state index contributed by atoms with van der Waals surface area (Å²) in [6, 6.07) is 5.24. The van der Waals surface area contributed by atoms with Crippen LogP contribution in [0.15, 0.2) is 18.2 Å². The minimum atomic E-state index is -0.381. The van der Waals surface area contributed by atoms with Crippen LogP contribution in [-0.4, -0.2) is 26.0 Å². The standard InChI is InChI=1S/C12H15N3O2/c1-13-9-4-5-10-8(7-9)3-6-11(16)15(10)12(17)14-2/h4-5,7,13H,3,6H2,1-2H3,(H,14,17). The van der Waals surface area contributed by atoms with Crippen molar-refractivity contribution in [1.29, 1.82) is 0 Å². The predicted octanol–water partition coefficient (Wildman–Crippen LogP) is 1.35. The van der Waals surface area contributed by atoms with E-state index in [1.165, 1.54) is 11.9 Å². The third-order valence-electron chi connectivity index (χ3n) is 2.88. The molecule has 0 fully saturated rings. The van der Waals surface area contributed by atoms with E-state index in [0.717, 1.165) is 11.3 Å². The largest absolute Gasteiger partial charge is 0.388 e. The minimum absolute atomic E-state index is 0.158. The average molecular weight is 233 g/mol. The van der Waals surface area contributed by atoms with Crippen LogP contribution in [0.1, 0.15) is 12.0 Å². The first-order chi connectivity index (χ1) is 8.17. The Morgan fingerprint density at radius 2 is 2.06 bits per heavy atom. The Morgan fingerprint density at radius 1 is 1.29 bits per heavy atom. The molecule has 5 heteroatoms. The molecule has 90 valence electrons. The highest BCUT2D eigenvalue weighted by Crippen LogP contribution is 2.30. The van der Waals surface area contributed by atoms with Crippen LogP contribution in [0.5, 0.6) is 0 Å². The van der Waals surface area contributed by atoms with Crippen molar-refractivity contribution in [2.75, 3.05) is 24.3 Å². The fraction of sp³-hybridized carbons (Fsp3) is 0.333. The molecular formula is C12H15N3O2. The van der Waals surface area contributed by atoms with Gasteiger partial charge in [0.2, 0.25) is 5.91 Å². The second-order valence-corrected chi connectivity index (χ2v) is 3.88. The number of rotatable bonds is 1. The lowest BCUT2D eigenvalue weighted by molar-refractivity contribution is -0.118. The van der Waals surface area contributed by atoms with E-state index in [0.29, 0.717) is 18.5 Å². The highest BCUT2D eigenvalue weighted by atomic mass is 16.2. The number of nitrogens with zero attached hydrogens (tertiary/aromatic N) is 1. The Bertz CT molecular complexity index is 471. The third kappa shape index (κ3) is 1.95. The van der Waals surface area contributed by atoms with Crippen LogP contribution < -0.4 is 15.5 Å². The summed E-state index contributed by atoms with van der Waals surface area (Å²) in [5, 5.41) is 5.53.